The van der Waals surface area contributed by atoms with Gasteiger partial charge in [0.05, 0.1) is 13.2 Å². The lowest BCUT2D eigenvalue weighted by atomic mass is 10.1. The van der Waals surface area contributed by atoms with Crippen LogP contribution < -0.4 is 10.1 Å². The van der Waals surface area contributed by atoms with Gasteiger partial charge in [0.25, 0.3) is 0 Å². The van der Waals surface area contributed by atoms with E-state index in [4.69, 9.17) is 9.47 Å². The number of rotatable bonds is 6. The molecule has 1 aromatic rings. The Balaban J connectivity index is 1.50. The first-order chi connectivity index (χ1) is 11.1. The minimum atomic E-state index is -0.111. The quantitative estimate of drug-likeness (QED) is 0.876. The van der Waals surface area contributed by atoms with E-state index in [0.717, 1.165) is 44.0 Å². The average molecular weight is 318 g/mol. The number of carbonyl (C=O) groups is 1. The van der Waals surface area contributed by atoms with Crippen LogP contribution in [0.5, 0.6) is 5.75 Å². The lowest BCUT2D eigenvalue weighted by Gasteiger charge is -2.21. The molecule has 0 radical (unpaired) electrons. The fraction of sp³-hybridized carbons (Fsp3) is 0.611. The fourth-order valence-corrected chi connectivity index (χ4v) is 3.13. The maximum absolute atomic E-state index is 12.3. The van der Waals surface area contributed by atoms with Gasteiger partial charge in [-0.05, 0) is 51.0 Å². The van der Waals surface area contributed by atoms with E-state index in [9.17, 15) is 4.79 Å². The molecule has 23 heavy (non-hydrogen) atoms. The molecule has 2 aliphatic heterocycles. The number of benzene rings is 1. The van der Waals surface area contributed by atoms with E-state index in [1.54, 1.807) is 0 Å². The molecule has 2 aliphatic rings. The molecule has 5 heteroatoms. The lowest BCUT2D eigenvalue weighted by molar-refractivity contribution is -0.129. The first-order valence-corrected chi connectivity index (χ1v) is 8.51. The molecule has 0 unspecified atom stereocenters. The highest BCUT2D eigenvalue weighted by atomic mass is 16.5. The number of nitrogens with one attached hydrogen (secondary N) is 1. The van der Waals surface area contributed by atoms with Gasteiger partial charge in [-0.25, -0.2) is 0 Å². The molecule has 0 aliphatic carbocycles. The van der Waals surface area contributed by atoms with Crippen molar-refractivity contribution in [3.8, 4) is 5.75 Å². The summed E-state index contributed by atoms with van der Waals surface area (Å²) >= 11 is 0. The van der Waals surface area contributed by atoms with Gasteiger partial charge in [0.1, 0.15) is 11.8 Å². The second-order valence-corrected chi connectivity index (χ2v) is 6.68. The van der Waals surface area contributed by atoms with Gasteiger partial charge in [0.15, 0.2) is 0 Å². The van der Waals surface area contributed by atoms with Crippen LogP contribution in [0.1, 0.15) is 26.7 Å². The van der Waals surface area contributed by atoms with Crippen LogP contribution in [0.2, 0.25) is 0 Å². The second kappa shape index (κ2) is 7.21. The highest BCUT2D eigenvalue weighted by Gasteiger charge is 2.32. The first-order valence-electron chi connectivity index (χ1n) is 8.51. The van der Waals surface area contributed by atoms with Crippen molar-refractivity contribution in [2.45, 2.75) is 38.8 Å². The van der Waals surface area contributed by atoms with Gasteiger partial charge in [-0.1, -0.05) is 0 Å². The fourth-order valence-electron chi connectivity index (χ4n) is 3.13. The zero-order valence-corrected chi connectivity index (χ0v) is 14.0. The van der Waals surface area contributed by atoms with E-state index in [2.05, 4.69) is 19.2 Å². The van der Waals surface area contributed by atoms with Crippen LogP contribution in [-0.2, 0) is 9.53 Å². The standard InChI is InChI=1S/C18H26N2O3/c1-13(2)20-9-7-17(18(20)21)19-15-3-5-16(6-4-15)23-12-14-8-10-22-11-14/h3-6,13-14,17,19H,7-12H2,1-2H3/t14-,17-/m0/s1. The van der Waals surface area contributed by atoms with E-state index in [1.807, 2.05) is 29.2 Å². The third kappa shape index (κ3) is 3.96. The summed E-state index contributed by atoms with van der Waals surface area (Å²) in [5.74, 6) is 1.57. The minimum Gasteiger partial charge on any atom is -0.493 e. The number of hydrogen-bond acceptors (Lipinski definition) is 4. The van der Waals surface area contributed by atoms with Gasteiger partial charge in [-0.3, -0.25) is 4.79 Å². The van der Waals surface area contributed by atoms with Crippen LogP contribution in [-0.4, -0.2) is 49.3 Å². The third-order valence-corrected chi connectivity index (χ3v) is 4.57. The zero-order valence-electron chi connectivity index (χ0n) is 14.0. The number of carbonyl (C=O) groups excluding carboxylic acids is 1. The molecule has 1 N–H and O–H groups in total. The van der Waals surface area contributed by atoms with Gasteiger partial charge in [-0.15, -0.1) is 0 Å². The molecule has 2 atom stereocenters. The topological polar surface area (TPSA) is 50.8 Å². The molecule has 2 saturated heterocycles. The maximum atomic E-state index is 12.3. The molecule has 1 aromatic carbocycles. The van der Waals surface area contributed by atoms with Gasteiger partial charge in [-0.2, -0.15) is 0 Å². The lowest BCUT2D eigenvalue weighted by Crippen LogP contribution is -2.37. The molecule has 0 bridgehead atoms. The Kier molecular flexibility index (Phi) is 5.06. The minimum absolute atomic E-state index is 0.111. The number of amides is 1. The summed E-state index contributed by atoms with van der Waals surface area (Å²) in [5.41, 5.74) is 0.963. The summed E-state index contributed by atoms with van der Waals surface area (Å²) in [5, 5.41) is 3.33. The second-order valence-electron chi connectivity index (χ2n) is 6.68. The summed E-state index contributed by atoms with van der Waals surface area (Å²) in [4.78, 5) is 14.2. The number of nitrogens with zero attached hydrogens (tertiary/aromatic N) is 1. The van der Waals surface area contributed by atoms with E-state index < -0.39 is 0 Å². The summed E-state index contributed by atoms with van der Waals surface area (Å²) in [6.07, 6.45) is 1.94. The molecule has 0 saturated carbocycles. The molecule has 0 aromatic heterocycles. The first kappa shape index (κ1) is 16.1. The van der Waals surface area contributed by atoms with E-state index >= 15 is 0 Å². The summed E-state index contributed by atoms with van der Waals surface area (Å²) < 4.78 is 11.2. The highest BCUT2D eigenvalue weighted by molar-refractivity contribution is 5.87. The van der Waals surface area contributed by atoms with Gasteiger partial charge < -0.3 is 19.7 Å². The van der Waals surface area contributed by atoms with Crippen LogP contribution in [0, 0.1) is 5.92 Å². The number of hydrogen-bond donors (Lipinski definition) is 1. The van der Waals surface area contributed by atoms with Crippen molar-refractivity contribution in [1.29, 1.82) is 0 Å². The Hall–Kier alpha value is -1.75. The number of anilines is 1. The predicted octanol–water partition coefficient (Wildman–Crippen LogP) is 2.52. The number of likely N-dealkylation sites (tertiary alicyclic amines) is 1. The van der Waals surface area contributed by atoms with Crippen molar-refractivity contribution in [3.05, 3.63) is 24.3 Å². The average Bonchev–Trinajstić information content (AvgIpc) is 3.17. The molecule has 0 spiro atoms. The van der Waals surface area contributed by atoms with E-state index in [1.165, 1.54) is 0 Å². The Labute approximate surface area is 137 Å². The normalized spacial score (nSPS) is 24.5. The van der Waals surface area contributed by atoms with Crippen molar-refractivity contribution in [1.82, 2.24) is 4.90 Å². The van der Waals surface area contributed by atoms with E-state index in [0.29, 0.717) is 12.5 Å². The molecule has 1 amide bonds. The summed E-state index contributed by atoms with van der Waals surface area (Å²) in [6, 6.07) is 8.03. The molecule has 126 valence electrons. The predicted molar refractivity (Wildman–Crippen MR) is 89.7 cm³/mol. The van der Waals surface area contributed by atoms with Crippen LogP contribution in [0.25, 0.3) is 0 Å². The molecule has 2 heterocycles. The maximum Gasteiger partial charge on any atom is 0.245 e. The smallest absolute Gasteiger partial charge is 0.245 e. The van der Waals surface area contributed by atoms with Crippen LogP contribution in [0.4, 0.5) is 5.69 Å². The monoisotopic (exact) mass is 318 g/mol. The Morgan fingerprint density at radius 3 is 2.70 bits per heavy atom. The van der Waals surface area contributed by atoms with Crippen molar-refractivity contribution < 1.29 is 14.3 Å². The van der Waals surface area contributed by atoms with Crippen molar-refractivity contribution >= 4 is 11.6 Å². The third-order valence-electron chi connectivity index (χ3n) is 4.57. The summed E-state index contributed by atoms with van der Waals surface area (Å²) in [6.45, 7) is 7.30. The zero-order chi connectivity index (χ0) is 16.2. The van der Waals surface area contributed by atoms with Crippen molar-refractivity contribution in [3.63, 3.8) is 0 Å². The molecular formula is C18H26N2O3. The van der Waals surface area contributed by atoms with Gasteiger partial charge in [0.2, 0.25) is 5.91 Å². The molecule has 5 nitrogen and oxygen atoms in total. The number of ether oxygens (including phenoxy) is 2. The molecular weight excluding hydrogens is 292 g/mol. The van der Waals surface area contributed by atoms with Crippen molar-refractivity contribution in [2.75, 3.05) is 31.7 Å². The molecule has 3 rings (SSSR count). The van der Waals surface area contributed by atoms with Gasteiger partial charge in [0, 0.05) is 30.8 Å². The van der Waals surface area contributed by atoms with Crippen molar-refractivity contribution in [2.24, 2.45) is 5.92 Å². The highest BCUT2D eigenvalue weighted by Crippen LogP contribution is 2.22. The Bertz CT molecular complexity index is 524. The Morgan fingerprint density at radius 2 is 2.09 bits per heavy atom. The summed E-state index contributed by atoms with van der Waals surface area (Å²) in [7, 11) is 0. The molecule has 2 fully saturated rings. The van der Waals surface area contributed by atoms with E-state index in [-0.39, 0.29) is 18.0 Å². The SMILES string of the molecule is CC(C)N1CC[C@H](Nc2ccc(OC[C@H]3CCOC3)cc2)C1=O. The Morgan fingerprint density at radius 1 is 1.30 bits per heavy atom. The van der Waals surface area contributed by atoms with Gasteiger partial charge >= 0.3 is 0 Å². The van der Waals surface area contributed by atoms with Crippen LogP contribution in [0.3, 0.4) is 0 Å². The largest absolute Gasteiger partial charge is 0.493 e. The van der Waals surface area contributed by atoms with Crippen LogP contribution in [0.15, 0.2) is 24.3 Å². The van der Waals surface area contributed by atoms with Crippen LogP contribution >= 0.6 is 0 Å².